The van der Waals surface area contributed by atoms with Crippen molar-refractivity contribution in [3.63, 3.8) is 0 Å². The maximum absolute atomic E-state index is 12.9. The van der Waals surface area contributed by atoms with Gasteiger partial charge in [0.2, 0.25) is 5.75 Å². The lowest BCUT2D eigenvalue weighted by Gasteiger charge is -2.21. The van der Waals surface area contributed by atoms with Crippen molar-refractivity contribution in [1.29, 1.82) is 0 Å². The van der Waals surface area contributed by atoms with Crippen LogP contribution in [0.2, 0.25) is 0 Å². The molecular weight excluding hydrogens is 411 g/mol. The molecule has 1 amide bonds. The SMILES string of the molecule is CCN(C(=O)C(C[S+]([O-])CC(F)(F)F)=NOC)c1cn(-c2cccnc2)nc1C. The van der Waals surface area contributed by atoms with Gasteiger partial charge in [0.15, 0.2) is 11.5 Å². The Hall–Kier alpha value is -2.60. The number of nitrogens with zero attached hydrogens (tertiary/aromatic N) is 5. The molecule has 0 fully saturated rings. The summed E-state index contributed by atoms with van der Waals surface area (Å²) < 4.78 is 50.8. The fourth-order valence-electron chi connectivity index (χ4n) is 2.54. The molecule has 0 N–H and O–H groups in total. The monoisotopic (exact) mass is 431 g/mol. The van der Waals surface area contributed by atoms with E-state index in [0.717, 1.165) is 7.11 Å². The Morgan fingerprint density at radius 3 is 2.72 bits per heavy atom. The number of aryl methyl sites for hydroxylation is 1. The average Bonchev–Trinajstić information content (AvgIpc) is 3.03. The number of carbonyl (C=O) groups is 1. The minimum atomic E-state index is -4.61. The molecule has 0 bridgehead atoms. The number of oxime groups is 1. The molecule has 0 aromatic carbocycles. The molecule has 2 heterocycles. The van der Waals surface area contributed by atoms with Crippen LogP contribution in [0.4, 0.5) is 18.9 Å². The van der Waals surface area contributed by atoms with Gasteiger partial charge in [-0.15, -0.1) is 0 Å². The van der Waals surface area contributed by atoms with Gasteiger partial charge in [-0.2, -0.15) is 18.3 Å². The number of rotatable bonds is 8. The van der Waals surface area contributed by atoms with Crippen LogP contribution in [0.5, 0.6) is 0 Å². The molecule has 1 unspecified atom stereocenters. The van der Waals surface area contributed by atoms with Gasteiger partial charge in [-0.05, 0) is 37.2 Å². The Kier molecular flexibility index (Phi) is 7.62. The zero-order valence-electron chi connectivity index (χ0n) is 16.0. The zero-order valence-corrected chi connectivity index (χ0v) is 16.8. The van der Waals surface area contributed by atoms with Gasteiger partial charge in [0.05, 0.1) is 29.5 Å². The minimum absolute atomic E-state index is 0.188. The highest BCUT2D eigenvalue weighted by Gasteiger charge is 2.37. The van der Waals surface area contributed by atoms with E-state index in [1.165, 1.54) is 9.58 Å². The molecule has 2 rings (SSSR count). The summed E-state index contributed by atoms with van der Waals surface area (Å²) in [5.74, 6) is -2.93. The molecule has 0 saturated heterocycles. The summed E-state index contributed by atoms with van der Waals surface area (Å²) >= 11 is -2.36. The van der Waals surface area contributed by atoms with E-state index in [9.17, 15) is 22.5 Å². The molecule has 0 aliphatic heterocycles. The van der Waals surface area contributed by atoms with Crippen LogP contribution in [-0.4, -0.2) is 62.3 Å². The van der Waals surface area contributed by atoms with E-state index < -0.39 is 34.8 Å². The molecule has 0 aliphatic rings. The smallest absolute Gasteiger partial charge is 0.433 e. The van der Waals surface area contributed by atoms with Crippen molar-refractivity contribution < 1.29 is 27.4 Å². The number of aromatic nitrogens is 3. The molecule has 12 heteroatoms. The van der Waals surface area contributed by atoms with Gasteiger partial charge in [-0.25, -0.2) is 4.68 Å². The van der Waals surface area contributed by atoms with Gasteiger partial charge in [-0.3, -0.25) is 9.78 Å². The summed E-state index contributed by atoms with van der Waals surface area (Å²) in [6.45, 7) is 3.57. The second-order valence-electron chi connectivity index (χ2n) is 5.87. The largest absolute Gasteiger partial charge is 0.616 e. The van der Waals surface area contributed by atoms with E-state index in [4.69, 9.17) is 0 Å². The highest BCUT2D eigenvalue weighted by atomic mass is 32.2. The lowest BCUT2D eigenvalue weighted by Crippen LogP contribution is -2.41. The Labute approximate surface area is 168 Å². The molecule has 2 aromatic heterocycles. The third-order valence-corrected chi connectivity index (χ3v) is 4.95. The fraction of sp³-hybridized carbons (Fsp3) is 0.412. The summed E-state index contributed by atoms with van der Waals surface area (Å²) in [5, 5.41) is 7.86. The highest BCUT2D eigenvalue weighted by Crippen LogP contribution is 2.22. The number of halogens is 3. The van der Waals surface area contributed by atoms with Gasteiger partial charge >= 0.3 is 6.18 Å². The van der Waals surface area contributed by atoms with Gasteiger partial charge < -0.3 is 14.3 Å². The summed E-state index contributed by atoms with van der Waals surface area (Å²) in [4.78, 5) is 22.8. The van der Waals surface area contributed by atoms with Crippen molar-refractivity contribution >= 4 is 28.5 Å². The van der Waals surface area contributed by atoms with Gasteiger partial charge in [0, 0.05) is 12.7 Å². The van der Waals surface area contributed by atoms with Crippen molar-refractivity contribution in [2.24, 2.45) is 5.16 Å². The maximum Gasteiger partial charge on any atom is 0.433 e. The Balaban J connectivity index is 2.28. The highest BCUT2D eigenvalue weighted by molar-refractivity contribution is 7.92. The average molecular weight is 431 g/mol. The second-order valence-corrected chi connectivity index (χ2v) is 7.33. The fourth-order valence-corrected chi connectivity index (χ4v) is 3.49. The van der Waals surface area contributed by atoms with Crippen LogP contribution in [0.1, 0.15) is 12.6 Å². The molecular formula is C17H20F3N5O3S. The van der Waals surface area contributed by atoms with Crippen molar-refractivity contribution in [3.8, 4) is 5.69 Å². The lowest BCUT2D eigenvalue weighted by molar-refractivity contribution is -0.113. The zero-order chi connectivity index (χ0) is 21.6. The first-order valence-corrected chi connectivity index (χ1v) is 9.95. The first-order valence-electron chi connectivity index (χ1n) is 8.46. The van der Waals surface area contributed by atoms with E-state index in [1.807, 2.05) is 0 Å². The molecule has 158 valence electrons. The Bertz CT molecular complexity index is 858. The molecule has 0 radical (unpaired) electrons. The second kappa shape index (κ2) is 9.74. The van der Waals surface area contributed by atoms with E-state index >= 15 is 0 Å². The summed E-state index contributed by atoms with van der Waals surface area (Å²) in [6, 6.07) is 3.51. The molecule has 0 aliphatic carbocycles. The number of alkyl halides is 3. The number of hydrogen-bond donors (Lipinski definition) is 0. The van der Waals surface area contributed by atoms with E-state index in [-0.39, 0.29) is 12.3 Å². The summed E-state index contributed by atoms with van der Waals surface area (Å²) in [6.07, 6.45) is 0.187. The van der Waals surface area contributed by atoms with Crippen molar-refractivity contribution in [2.75, 3.05) is 30.1 Å². The van der Waals surface area contributed by atoms with Crippen LogP contribution in [0.3, 0.4) is 0 Å². The van der Waals surface area contributed by atoms with Crippen LogP contribution >= 0.6 is 0 Å². The number of hydrogen-bond acceptors (Lipinski definition) is 6. The molecule has 1 atom stereocenters. The molecule has 0 saturated carbocycles. The first-order chi connectivity index (χ1) is 13.7. The van der Waals surface area contributed by atoms with Crippen molar-refractivity contribution in [1.82, 2.24) is 14.8 Å². The Morgan fingerprint density at radius 2 is 2.17 bits per heavy atom. The maximum atomic E-state index is 12.9. The predicted octanol–water partition coefficient (Wildman–Crippen LogP) is 2.24. The van der Waals surface area contributed by atoms with E-state index in [2.05, 4.69) is 20.1 Å². The normalized spacial score (nSPS) is 13.3. The Morgan fingerprint density at radius 1 is 1.45 bits per heavy atom. The van der Waals surface area contributed by atoms with Gasteiger partial charge in [-0.1, -0.05) is 5.16 Å². The van der Waals surface area contributed by atoms with Gasteiger partial charge in [0.25, 0.3) is 5.91 Å². The topological polar surface area (TPSA) is 95.7 Å². The van der Waals surface area contributed by atoms with Crippen molar-refractivity contribution in [2.45, 2.75) is 20.0 Å². The number of carbonyl (C=O) groups excluding carboxylic acids is 1. The van der Waals surface area contributed by atoms with E-state index in [1.54, 1.807) is 44.6 Å². The van der Waals surface area contributed by atoms with Crippen LogP contribution < -0.4 is 4.90 Å². The first kappa shape index (κ1) is 22.7. The third kappa shape index (κ3) is 6.19. The minimum Gasteiger partial charge on any atom is -0.616 e. The third-order valence-electron chi connectivity index (χ3n) is 3.71. The lowest BCUT2D eigenvalue weighted by atomic mass is 10.3. The molecule has 0 spiro atoms. The number of amides is 1. The summed E-state index contributed by atoms with van der Waals surface area (Å²) in [7, 11) is 1.15. The van der Waals surface area contributed by atoms with Crippen LogP contribution in [-0.2, 0) is 20.8 Å². The van der Waals surface area contributed by atoms with E-state index in [0.29, 0.717) is 17.1 Å². The summed E-state index contributed by atoms with van der Waals surface area (Å²) in [5.41, 5.74) is 1.25. The molecule has 2 aromatic rings. The van der Waals surface area contributed by atoms with Crippen molar-refractivity contribution in [3.05, 3.63) is 36.4 Å². The van der Waals surface area contributed by atoms with Crippen LogP contribution in [0.15, 0.2) is 35.9 Å². The van der Waals surface area contributed by atoms with Crippen LogP contribution in [0, 0.1) is 6.92 Å². The quantitative estimate of drug-likeness (QED) is 0.363. The number of pyridine rings is 1. The predicted molar refractivity (Wildman–Crippen MR) is 102 cm³/mol. The van der Waals surface area contributed by atoms with Gasteiger partial charge in [0.1, 0.15) is 7.11 Å². The standard InChI is InChI=1S/C17H20F3N5O3S/c1-4-24(15-9-25(22-12(15)2)13-6-5-7-21-8-13)16(26)14(23-28-3)10-29(27)11-17(18,19)20/h5-9H,4,10-11H2,1-3H3. The molecule has 8 nitrogen and oxygen atoms in total. The molecule has 29 heavy (non-hydrogen) atoms. The number of anilines is 1. The van der Waals surface area contributed by atoms with Crippen LogP contribution in [0.25, 0.3) is 5.69 Å².